The normalized spacial score (nSPS) is 15.9. The lowest BCUT2D eigenvalue weighted by Gasteiger charge is -2.28. The van der Waals surface area contributed by atoms with Crippen molar-refractivity contribution in [3.8, 4) is 0 Å². The second-order valence-corrected chi connectivity index (χ2v) is 5.18. The minimum absolute atomic E-state index is 0.0178. The van der Waals surface area contributed by atoms with Gasteiger partial charge < -0.3 is 10.0 Å². The molecule has 1 aromatic heterocycles. The first-order chi connectivity index (χ1) is 9.17. The molecule has 0 saturated heterocycles. The number of nitrogens with zero attached hydrogens (tertiary/aromatic N) is 3. The predicted octanol–water partition coefficient (Wildman–Crippen LogP) is 1.36. The van der Waals surface area contributed by atoms with Crippen molar-refractivity contribution in [2.45, 2.75) is 45.1 Å². The number of aliphatic hydroxyl groups is 1. The topological polar surface area (TPSA) is 58.4 Å². The highest BCUT2D eigenvalue weighted by Crippen LogP contribution is 2.25. The Morgan fingerprint density at radius 3 is 2.79 bits per heavy atom. The molecule has 1 aliphatic rings. The van der Waals surface area contributed by atoms with Gasteiger partial charge in [-0.1, -0.05) is 19.8 Å². The van der Waals surface area contributed by atoms with Gasteiger partial charge in [-0.2, -0.15) is 5.10 Å². The molecule has 19 heavy (non-hydrogen) atoms. The van der Waals surface area contributed by atoms with E-state index in [1.165, 1.54) is 12.8 Å². The minimum atomic E-state index is 0.0178. The number of aryl methyl sites for hydroxylation is 2. The summed E-state index contributed by atoms with van der Waals surface area (Å²) in [7, 11) is 1.84. The maximum Gasteiger partial charge on any atom is 0.257 e. The maximum absolute atomic E-state index is 12.7. The Bertz CT molecular complexity index is 436. The molecule has 0 aromatic carbocycles. The molecule has 1 fully saturated rings. The van der Waals surface area contributed by atoms with Crippen LogP contribution in [0.25, 0.3) is 0 Å². The molecular weight excluding hydrogens is 242 g/mol. The van der Waals surface area contributed by atoms with E-state index >= 15 is 0 Å². The molecule has 5 nitrogen and oxygen atoms in total. The van der Waals surface area contributed by atoms with Gasteiger partial charge >= 0.3 is 0 Å². The number of aromatic nitrogens is 2. The zero-order valence-corrected chi connectivity index (χ0v) is 11.8. The second kappa shape index (κ2) is 6.19. The fourth-order valence-corrected chi connectivity index (χ4v) is 2.90. The number of hydrogen-bond acceptors (Lipinski definition) is 3. The van der Waals surface area contributed by atoms with E-state index in [-0.39, 0.29) is 18.6 Å². The van der Waals surface area contributed by atoms with Gasteiger partial charge in [-0.3, -0.25) is 9.48 Å². The number of amides is 1. The molecule has 0 unspecified atom stereocenters. The van der Waals surface area contributed by atoms with Crippen molar-refractivity contribution in [1.82, 2.24) is 14.7 Å². The summed E-state index contributed by atoms with van der Waals surface area (Å²) in [5.74, 6) is 0.0194. The summed E-state index contributed by atoms with van der Waals surface area (Å²) < 4.78 is 1.69. The summed E-state index contributed by atoms with van der Waals surface area (Å²) in [5, 5.41) is 13.5. The van der Waals surface area contributed by atoms with Crippen molar-refractivity contribution in [1.29, 1.82) is 0 Å². The van der Waals surface area contributed by atoms with Crippen molar-refractivity contribution in [2.24, 2.45) is 7.05 Å². The number of rotatable bonds is 5. The highest BCUT2D eigenvalue weighted by molar-refractivity contribution is 5.95. The van der Waals surface area contributed by atoms with Crippen LogP contribution in [0, 0.1) is 0 Å². The van der Waals surface area contributed by atoms with Crippen LogP contribution >= 0.6 is 0 Å². The van der Waals surface area contributed by atoms with Crippen molar-refractivity contribution in [2.75, 3.05) is 13.2 Å². The van der Waals surface area contributed by atoms with E-state index in [0.717, 1.165) is 25.0 Å². The largest absolute Gasteiger partial charge is 0.395 e. The van der Waals surface area contributed by atoms with Gasteiger partial charge in [0.25, 0.3) is 5.91 Å². The third-order valence-electron chi connectivity index (χ3n) is 3.84. The first kappa shape index (κ1) is 14.1. The quantitative estimate of drug-likeness (QED) is 0.874. The van der Waals surface area contributed by atoms with E-state index in [1.54, 1.807) is 10.9 Å². The van der Waals surface area contributed by atoms with Gasteiger partial charge in [0, 0.05) is 25.8 Å². The molecule has 106 valence electrons. The predicted molar refractivity (Wildman–Crippen MR) is 73.0 cm³/mol. The van der Waals surface area contributed by atoms with E-state index < -0.39 is 0 Å². The van der Waals surface area contributed by atoms with E-state index in [2.05, 4.69) is 5.10 Å². The molecule has 0 spiro atoms. The number of carbonyl (C=O) groups excluding carboxylic acids is 1. The van der Waals surface area contributed by atoms with Crippen molar-refractivity contribution >= 4 is 5.91 Å². The van der Waals surface area contributed by atoms with Crippen LogP contribution in [0.15, 0.2) is 6.20 Å². The molecular formula is C14H23N3O2. The van der Waals surface area contributed by atoms with Gasteiger partial charge in [-0.05, 0) is 19.3 Å². The third kappa shape index (κ3) is 2.97. The van der Waals surface area contributed by atoms with E-state index in [0.29, 0.717) is 12.1 Å². The summed E-state index contributed by atoms with van der Waals surface area (Å²) in [6.45, 7) is 2.44. The molecule has 0 radical (unpaired) electrons. The van der Waals surface area contributed by atoms with Crippen molar-refractivity contribution in [3.05, 3.63) is 17.5 Å². The van der Waals surface area contributed by atoms with Crippen LogP contribution in [-0.2, 0) is 13.5 Å². The van der Waals surface area contributed by atoms with Crippen LogP contribution in [0.3, 0.4) is 0 Å². The highest BCUT2D eigenvalue weighted by Gasteiger charge is 2.28. The van der Waals surface area contributed by atoms with E-state index in [9.17, 15) is 9.90 Å². The first-order valence-corrected chi connectivity index (χ1v) is 7.11. The van der Waals surface area contributed by atoms with Crippen LogP contribution in [0.1, 0.15) is 48.7 Å². The Morgan fingerprint density at radius 2 is 2.21 bits per heavy atom. The van der Waals surface area contributed by atoms with Gasteiger partial charge in [-0.25, -0.2) is 0 Å². The maximum atomic E-state index is 12.7. The van der Waals surface area contributed by atoms with E-state index in [4.69, 9.17) is 0 Å². The Morgan fingerprint density at radius 1 is 1.53 bits per heavy atom. The minimum Gasteiger partial charge on any atom is -0.395 e. The van der Waals surface area contributed by atoms with Crippen molar-refractivity contribution < 1.29 is 9.90 Å². The fraction of sp³-hybridized carbons (Fsp3) is 0.714. The monoisotopic (exact) mass is 265 g/mol. The summed E-state index contributed by atoms with van der Waals surface area (Å²) in [4.78, 5) is 14.5. The van der Waals surface area contributed by atoms with Crippen LogP contribution < -0.4 is 0 Å². The second-order valence-electron chi connectivity index (χ2n) is 5.18. The summed E-state index contributed by atoms with van der Waals surface area (Å²) in [6.07, 6.45) is 6.99. The van der Waals surface area contributed by atoms with Crippen LogP contribution in [0.4, 0.5) is 0 Å². The Labute approximate surface area is 114 Å². The van der Waals surface area contributed by atoms with Gasteiger partial charge in [0.05, 0.1) is 17.9 Å². The Hall–Kier alpha value is -1.36. The fourth-order valence-electron chi connectivity index (χ4n) is 2.90. The molecule has 1 heterocycles. The molecule has 0 atom stereocenters. The lowest BCUT2D eigenvalue weighted by molar-refractivity contribution is 0.0637. The van der Waals surface area contributed by atoms with Gasteiger partial charge in [0.15, 0.2) is 0 Å². The first-order valence-electron chi connectivity index (χ1n) is 7.11. The molecule has 1 N–H and O–H groups in total. The average molecular weight is 265 g/mol. The van der Waals surface area contributed by atoms with Gasteiger partial charge in [-0.15, -0.1) is 0 Å². The molecule has 2 rings (SSSR count). The Kier molecular flexibility index (Phi) is 4.58. The number of hydrogen-bond donors (Lipinski definition) is 1. The molecule has 0 aliphatic heterocycles. The van der Waals surface area contributed by atoms with Gasteiger partial charge in [0.2, 0.25) is 0 Å². The van der Waals surface area contributed by atoms with Crippen LogP contribution in [0.5, 0.6) is 0 Å². The Balaban J connectivity index is 2.22. The number of carbonyl (C=O) groups is 1. The summed E-state index contributed by atoms with van der Waals surface area (Å²) >= 11 is 0. The number of aliphatic hydroxyl groups excluding tert-OH is 1. The smallest absolute Gasteiger partial charge is 0.257 e. The standard InChI is InChI=1S/C14H23N3O2/c1-3-13-12(10-16(2)15-13)14(19)17(8-9-18)11-6-4-5-7-11/h10-11,18H,3-9H2,1-2H3. The van der Waals surface area contributed by atoms with E-state index in [1.807, 2.05) is 18.9 Å². The molecule has 1 saturated carbocycles. The van der Waals surface area contributed by atoms with Crippen LogP contribution in [-0.4, -0.2) is 44.9 Å². The van der Waals surface area contributed by atoms with Crippen molar-refractivity contribution in [3.63, 3.8) is 0 Å². The molecule has 1 aromatic rings. The molecule has 5 heteroatoms. The lowest BCUT2D eigenvalue weighted by Crippen LogP contribution is -2.41. The average Bonchev–Trinajstić information content (AvgIpc) is 3.04. The van der Waals surface area contributed by atoms with Crippen LogP contribution in [0.2, 0.25) is 0 Å². The SMILES string of the molecule is CCc1nn(C)cc1C(=O)N(CCO)C1CCCC1. The highest BCUT2D eigenvalue weighted by atomic mass is 16.3. The zero-order valence-electron chi connectivity index (χ0n) is 11.8. The summed E-state index contributed by atoms with van der Waals surface area (Å²) in [5.41, 5.74) is 1.53. The third-order valence-corrected chi connectivity index (χ3v) is 3.84. The molecule has 1 amide bonds. The lowest BCUT2D eigenvalue weighted by atomic mass is 10.1. The zero-order chi connectivity index (χ0) is 13.8. The van der Waals surface area contributed by atoms with Gasteiger partial charge in [0.1, 0.15) is 0 Å². The molecule has 0 bridgehead atoms. The summed E-state index contributed by atoms with van der Waals surface area (Å²) in [6, 6.07) is 0.282. The molecule has 1 aliphatic carbocycles.